The summed E-state index contributed by atoms with van der Waals surface area (Å²) in [5.41, 5.74) is -0.768. The molecule has 0 saturated carbocycles. The summed E-state index contributed by atoms with van der Waals surface area (Å²) >= 11 is 0. The van der Waals surface area contributed by atoms with E-state index in [0.717, 1.165) is 6.20 Å². The van der Waals surface area contributed by atoms with E-state index in [1.807, 2.05) is 0 Å². The first-order chi connectivity index (χ1) is 11.6. The molecule has 0 radical (unpaired) electrons. The number of halogens is 3. The lowest BCUT2D eigenvalue weighted by Gasteiger charge is -2.35. The van der Waals surface area contributed by atoms with Gasteiger partial charge in [-0.25, -0.2) is 9.78 Å². The van der Waals surface area contributed by atoms with E-state index in [9.17, 15) is 22.8 Å². The second kappa shape index (κ2) is 7.16. The third-order valence-electron chi connectivity index (χ3n) is 4.02. The molecule has 1 aliphatic rings. The minimum Gasteiger partial charge on any atom is -0.465 e. The fraction of sp³-hybridized carbons (Fsp3) is 0.533. The summed E-state index contributed by atoms with van der Waals surface area (Å²) in [5, 5.41) is 8.97. The van der Waals surface area contributed by atoms with Crippen LogP contribution in [-0.4, -0.2) is 53.2 Å². The third kappa shape index (κ3) is 4.31. The van der Waals surface area contributed by atoms with Crippen LogP contribution in [0.3, 0.4) is 0 Å². The number of nitrogens with zero attached hydrogens (tertiary/aromatic N) is 3. The van der Waals surface area contributed by atoms with Gasteiger partial charge in [-0.3, -0.25) is 4.79 Å². The number of carbonyl (C=O) groups excluding carboxylic acids is 1. The second-order valence-electron chi connectivity index (χ2n) is 5.63. The Kier molecular flexibility index (Phi) is 5.39. The first-order valence-electron chi connectivity index (χ1n) is 7.53. The molecule has 0 aromatic carbocycles. The maximum absolute atomic E-state index is 13.1. The van der Waals surface area contributed by atoms with Gasteiger partial charge in [0.1, 0.15) is 12.4 Å². The summed E-state index contributed by atoms with van der Waals surface area (Å²) in [7, 11) is 0. The molecule has 138 valence electrons. The maximum Gasteiger partial charge on any atom is 0.418 e. The van der Waals surface area contributed by atoms with Crippen molar-refractivity contribution >= 4 is 17.9 Å². The average Bonchev–Trinajstić information content (AvgIpc) is 2.52. The van der Waals surface area contributed by atoms with E-state index in [1.54, 1.807) is 4.90 Å². The Bertz CT molecular complexity index is 671. The standard InChI is InChI=1S/C15H18F3N3O4/c1-9-11(8-25-10(2)22)13(19-7-12(9)15(16,17)18)20-3-5-21(6-4-20)14(23)24/h7H,3-6,8H2,1-2H3,(H,23,24). The summed E-state index contributed by atoms with van der Waals surface area (Å²) < 4.78 is 44.2. The Morgan fingerprint density at radius 3 is 2.36 bits per heavy atom. The number of piperazine rings is 1. The molecule has 25 heavy (non-hydrogen) atoms. The van der Waals surface area contributed by atoms with Crippen molar-refractivity contribution in [3.8, 4) is 0 Å². The Balaban J connectivity index is 2.35. The van der Waals surface area contributed by atoms with Gasteiger partial charge >= 0.3 is 18.2 Å². The Morgan fingerprint density at radius 1 is 1.28 bits per heavy atom. The highest BCUT2D eigenvalue weighted by atomic mass is 19.4. The van der Waals surface area contributed by atoms with Gasteiger partial charge in [0.2, 0.25) is 0 Å². The van der Waals surface area contributed by atoms with E-state index in [0.29, 0.717) is 0 Å². The molecule has 0 unspecified atom stereocenters. The molecule has 1 aromatic rings. The zero-order chi connectivity index (χ0) is 18.8. The van der Waals surface area contributed by atoms with Gasteiger partial charge in [-0.1, -0.05) is 0 Å². The van der Waals surface area contributed by atoms with Gasteiger partial charge in [-0.15, -0.1) is 0 Å². The van der Waals surface area contributed by atoms with Crippen molar-refractivity contribution in [1.82, 2.24) is 9.88 Å². The summed E-state index contributed by atoms with van der Waals surface area (Å²) in [6, 6.07) is 0. The summed E-state index contributed by atoms with van der Waals surface area (Å²) in [6.45, 7) is 3.15. The summed E-state index contributed by atoms with van der Waals surface area (Å²) in [6.07, 6.45) is -4.86. The van der Waals surface area contributed by atoms with Crippen molar-refractivity contribution in [2.75, 3.05) is 31.1 Å². The predicted molar refractivity (Wildman–Crippen MR) is 81.3 cm³/mol. The molecule has 0 bridgehead atoms. The van der Waals surface area contributed by atoms with Gasteiger partial charge in [0.15, 0.2) is 0 Å². The van der Waals surface area contributed by atoms with Crippen molar-refractivity contribution in [3.63, 3.8) is 0 Å². The number of carbonyl (C=O) groups is 2. The lowest BCUT2D eigenvalue weighted by Crippen LogP contribution is -2.49. The number of hydrogen-bond acceptors (Lipinski definition) is 5. The number of alkyl halides is 3. The molecule has 1 aromatic heterocycles. The Morgan fingerprint density at radius 2 is 1.88 bits per heavy atom. The van der Waals surface area contributed by atoms with E-state index in [-0.39, 0.29) is 49.7 Å². The molecule has 2 heterocycles. The molecule has 0 spiro atoms. The van der Waals surface area contributed by atoms with Crippen LogP contribution < -0.4 is 4.90 Å². The van der Waals surface area contributed by atoms with E-state index in [2.05, 4.69) is 4.98 Å². The molecule has 1 fully saturated rings. The first kappa shape index (κ1) is 18.8. The normalized spacial score (nSPS) is 15.2. The highest BCUT2D eigenvalue weighted by Gasteiger charge is 2.35. The van der Waals surface area contributed by atoms with Crippen LogP contribution in [0.4, 0.5) is 23.8 Å². The molecule has 7 nitrogen and oxygen atoms in total. The quantitative estimate of drug-likeness (QED) is 0.832. The average molecular weight is 361 g/mol. The second-order valence-corrected chi connectivity index (χ2v) is 5.63. The van der Waals surface area contributed by atoms with Crippen LogP contribution in [0.1, 0.15) is 23.6 Å². The molecule has 2 rings (SSSR count). The van der Waals surface area contributed by atoms with Crippen molar-refractivity contribution < 1.29 is 32.6 Å². The lowest BCUT2D eigenvalue weighted by molar-refractivity contribution is -0.142. The maximum atomic E-state index is 13.1. The first-order valence-corrected chi connectivity index (χ1v) is 7.53. The summed E-state index contributed by atoms with van der Waals surface area (Å²) in [4.78, 5) is 28.9. The van der Waals surface area contributed by atoms with Crippen molar-refractivity contribution in [1.29, 1.82) is 0 Å². The van der Waals surface area contributed by atoms with Gasteiger partial charge in [-0.2, -0.15) is 13.2 Å². The van der Waals surface area contributed by atoms with Gasteiger partial charge < -0.3 is 19.6 Å². The lowest BCUT2D eigenvalue weighted by atomic mass is 10.0. The van der Waals surface area contributed by atoms with Crippen molar-refractivity contribution in [2.45, 2.75) is 26.6 Å². The highest BCUT2D eigenvalue weighted by Crippen LogP contribution is 2.35. The molecule has 1 saturated heterocycles. The van der Waals surface area contributed by atoms with Gasteiger partial charge in [0.05, 0.1) is 5.56 Å². The number of amides is 1. The van der Waals surface area contributed by atoms with Gasteiger partial charge in [-0.05, 0) is 12.5 Å². The number of esters is 1. The minimum atomic E-state index is -4.57. The van der Waals surface area contributed by atoms with Crippen LogP contribution in [0.5, 0.6) is 0 Å². The zero-order valence-corrected chi connectivity index (χ0v) is 13.8. The number of aromatic nitrogens is 1. The van der Waals surface area contributed by atoms with Gasteiger partial charge in [0.25, 0.3) is 0 Å². The third-order valence-corrected chi connectivity index (χ3v) is 4.02. The number of carboxylic acid groups (broad SMARTS) is 1. The molecule has 10 heteroatoms. The van der Waals surface area contributed by atoms with Crippen LogP contribution >= 0.6 is 0 Å². The smallest absolute Gasteiger partial charge is 0.418 e. The molecule has 1 amide bonds. The Labute approximate surface area is 142 Å². The van der Waals surface area contributed by atoms with E-state index in [1.165, 1.54) is 18.7 Å². The number of anilines is 1. The minimum absolute atomic E-state index is 0.0561. The Hall–Kier alpha value is -2.52. The van der Waals surface area contributed by atoms with E-state index < -0.39 is 23.8 Å². The molecule has 1 aliphatic heterocycles. The number of hydrogen-bond donors (Lipinski definition) is 1. The van der Waals surface area contributed by atoms with Crippen molar-refractivity contribution in [2.24, 2.45) is 0 Å². The fourth-order valence-corrected chi connectivity index (χ4v) is 2.65. The van der Waals surface area contributed by atoms with Crippen LogP contribution in [-0.2, 0) is 22.3 Å². The van der Waals surface area contributed by atoms with Gasteiger partial charge in [0, 0.05) is 44.9 Å². The SMILES string of the molecule is CC(=O)OCc1c(N2CCN(C(=O)O)CC2)ncc(C(F)(F)F)c1C. The van der Waals surface area contributed by atoms with Crippen LogP contribution in [0.15, 0.2) is 6.20 Å². The topological polar surface area (TPSA) is 83.0 Å². The number of ether oxygens (including phenoxy) is 1. The monoisotopic (exact) mass is 361 g/mol. The zero-order valence-electron chi connectivity index (χ0n) is 13.8. The van der Waals surface area contributed by atoms with E-state index in [4.69, 9.17) is 9.84 Å². The fourth-order valence-electron chi connectivity index (χ4n) is 2.65. The summed E-state index contributed by atoms with van der Waals surface area (Å²) in [5.74, 6) is -0.338. The molecular weight excluding hydrogens is 343 g/mol. The highest BCUT2D eigenvalue weighted by molar-refractivity contribution is 5.67. The molecule has 0 atom stereocenters. The number of pyridine rings is 1. The molecule has 0 aliphatic carbocycles. The number of rotatable bonds is 3. The van der Waals surface area contributed by atoms with Crippen LogP contribution in [0, 0.1) is 6.92 Å². The molecule has 1 N–H and O–H groups in total. The van der Waals surface area contributed by atoms with Crippen LogP contribution in [0.2, 0.25) is 0 Å². The largest absolute Gasteiger partial charge is 0.465 e. The van der Waals surface area contributed by atoms with Crippen LogP contribution in [0.25, 0.3) is 0 Å². The molecular formula is C15H18F3N3O4. The van der Waals surface area contributed by atoms with Crippen molar-refractivity contribution in [3.05, 3.63) is 22.9 Å². The predicted octanol–water partition coefficient (Wildman–Crippen LogP) is 2.27. The van der Waals surface area contributed by atoms with E-state index >= 15 is 0 Å².